The predicted molar refractivity (Wildman–Crippen MR) is 129 cm³/mol. The molecule has 0 aliphatic carbocycles. The van der Waals surface area contributed by atoms with Gasteiger partial charge in [-0.2, -0.15) is 11.8 Å². The molecule has 2 fully saturated rings. The molecule has 1 unspecified atom stereocenters. The van der Waals surface area contributed by atoms with Crippen LogP contribution in [0.3, 0.4) is 0 Å². The first-order valence-electron chi connectivity index (χ1n) is 11.3. The van der Waals surface area contributed by atoms with Crippen molar-refractivity contribution in [1.29, 1.82) is 0 Å². The number of aromatic nitrogens is 2. The number of hydrogen-bond donors (Lipinski definition) is 1. The summed E-state index contributed by atoms with van der Waals surface area (Å²) in [6, 6.07) is 15.3. The Morgan fingerprint density at radius 2 is 1.85 bits per heavy atom. The van der Waals surface area contributed by atoms with Gasteiger partial charge in [0.2, 0.25) is 11.8 Å². The van der Waals surface area contributed by atoms with Crippen molar-refractivity contribution in [2.45, 2.75) is 18.9 Å². The van der Waals surface area contributed by atoms with E-state index in [1.807, 2.05) is 67.2 Å². The molecule has 1 aromatic heterocycles. The van der Waals surface area contributed by atoms with Gasteiger partial charge in [-0.05, 0) is 55.5 Å². The second-order valence-electron chi connectivity index (χ2n) is 8.67. The Kier molecular flexibility index (Phi) is 6.48. The molecular formula is C25H28N4O3S. The molecule has 0 saturated carbocycles. The van der Waals surface area contributed by atoms with Crippen molar-refractivity contribution in [3.63, 3.8) is 0 Å². The maximum atomic E-state index is 12.9. The minimum Gasteiger partial charge on any atom is -0.416 e. The first-order chi connectivity index (χ1) is 16.1. The number of carbonyl (C=O) groups excluding carboxylic acids is 1. The van der Waals surface area contributed by atoms with Crippen molar-refractivity contribution >= 4 is 17.7 Å². The van der Waals surface area contributed by atoms with E-state index in [1.165, 1.54) is 0 Å². The largest absolute Gasteiger partial charge is 0.416 e. The molecule has 5 rings (SSSR count). The number of thioether (sulfide) groups is 1. The van der Waals surface area contributed by atoms with E-state index in [9.17, 15) is 4.79 Å². The molecule has 7 nitrogen and oxygen atoms in total. The number of aryl methyl sites for hydroxylation is 1. The lowest BCUT2D eigenvalue weighted by atomic mass is 9.95. The third-order valence-corrected chi connectivity index (χ3v) is 7.66. The fourth-order valence-electron chi connectivity index (χ4n) is 4.48. The fourth-order valence-corrected chi connectivity index (χ4v) is 5.96. The number of benzene rings is 2. The zero-order chi connectivity index (χ0) is 22.7. The van der Waals surface area contributed by atoms with Gasteiger partial charge in [0, 0.05) is 47.6 Å². The Morgan fingerprint density at radius 1 is 1.09 bits per heavy atom. The standard InChI is InChI=1S/C25H28N4O3S/c1-18-3-2-4-21(15-18)24-28-27-23(32-24)20-7-5-19(6-8-20)22(30)26-16-25(9-14-33-17-25)29-10-12-31-13-11-29/h2-8,15H,9-14,16-17H2,1H3,(H,26,30). The molecule has 33 heavy (non-hydrogen) atoms. The molecule has 2 saturated heterocycles. The molecule has 3 aromatic rings. The molecule has 0 bridgehead atoms. The first-order valence-corrected chi connectivity index (χ1v) is 12.5. The van der Waals surface area contributed by atoms with Crippen molar-refractivity contribution in [1.82, 2.24) is 20.4 Å². The molecule has 2 aromatic carbocycles. The van der Waals surface area contributed by atoms with Crippen LogP contribution in [0.1, 0.15) is 22.3 Å². The summed E-state index contributed by atoms with van der Waals surface area (Å²) in [4.78, 5) is 15.4. The smallest absolute Gasteiger partial charge is 0.251 e. The van der Waals surface area contributed by atoms with Gasteiger partial charge in [-0.1, -0.05) is 17.7 Å². The van der Waals surface area contributed by atoms with E-state index in [0.717, 1.165) is 60.9 Å². The number of hydrogen-bond acceptors (Lipinski definition) is 7. The quantitative estimate of drug-likeness (QED) is 0.596. The van der Waals surface area contributed by atoms with Crippen LogP contribution in [0, 0.1) is 6.92 Å². The number of nitrogens with one attached hydrogen (secondary N) is 1. The average Bonchev–Trinajstić information content (AvgIpc) is 3.54. The molecule has 0 spiro atoms. The highest BCUT2D eigenvalue weighted by Crippen LogP contribution is 2.33. The minimum absolute atomic E-state index is 0.0278. The summed E-state index contributed by atoms with van der Waals surface area (Å²) in [5.74, 6) is 3.05. The van der Waals surface area contributed by atoms with Gasteiger partial charge < -0.3 is 14.5 Å². The first kappa shape index (κ1) is 22.1. The Hall–Kier alpha value is -2.68. The Labute approximate surface area is 197 Å². The molecule has 8 heteroatoms. The molecule has 2 aliphatic rings. The molecule has 1 N–H and O–H groups in total. The van der Waals surface area contributed by atoms with Crippen LogP contribution in [0.5, 0.6) is 0 Å². The molecule has 3 heterocycles. The highest BCUT2D eigenvalue weighted by Gasteiger charge is 2.40. The van der Waals surface area contributed by atoms with E-state index < -0.39 is 0 Å². The van der Waals surface area contributed by atoms with E-state index in [4.69, 9.17) is 9.15 Å². The lowest BCUT2D eigenvalue weighted by Crippen LogP contribution is -2.59. The fraction of sp³-hybridized carbons (Fsp3) is 0.400. The van der Waals surface area contributed by atoms with Gasteiger partial charge in [0.15, 0.2) is 0 Å². The summed E-state index contributed by atoms with van der Waals surface area (Å²) in [7, 11) is 0. The van der Waals surface area contributed by atoms with Crippen LogP contribution in [0.15, 0.2) is 52.9 Å². The van der Waals surface area contributed by atoms with Gasteiger partial charge in [0.1, 0.15) is 0 Å². The predicted octanol–water partition coefficient (Wildman–Crippen LogP) is 3.65. The average molecular weight is 465 g/mol. The summed E-state index contributed by atoms with van der Waals surface area (Å²) < 4.78 is 11.4. The SMILES string of the molecule is Cc1cccc(-c2nnc(-c3ccc(C(=O)NCC4(N5CCOCC5)CCSC4)cc3)o2)c1. The maximum absolute atomic E-state index is 12.9. The minimum atomic E-state index is -0.0583. The summed E-state index contributed by atoms with van der Waals surface area (Å²) >= 11 is 1.97. The molecule has 1 atom stereocenters. The van der Waals surface area contributed by atoms with E-state index in [-0.39, 0.29) is 11.4 Å². The Morgan fingerprint density at radius 3 is 2.55 bits per heavy atom. The second kappa shape index (κ2) is 9.67. The molecular weight excluding hydrogens is 436 g/mol. The number of rotatable bonds is 6. The summed E-state index contributed by atoms with van der Waals surface area (Å²) in [6.07, 6.45) is 1.09. The number of nitrogens with zero attached hydrogens (tertiary/aromatic N) is 3. The molecule has 2 aliphatic heterocycles. The van der Waals surface area contributed by atoms with Crippen LogP contribution in [0.4, 0.5) is 0 Å². The van der Waals surface area contributed by atoms with Gasteiger partial charge in [0.25, 0.3) is 5.91 Å². The van der Waals surface area contributed by atoms with Gasteiger partial charge in [-0.15, -0.1) is 10.2 Å². The number of morpholine rings is 1. The lowest BCUT2D eigenvalue weighted by Gasteiger charge is -2.43. The van der Waals surface area contributed by atoms with Gasteiger partial charge in [-0.3, -0.25) is 9.69 Å². The molecule has 0 radical (unpaired) electrons. The Bertz CT molecular complexity index is 1100. The number of carbonyl (C=O) groups is 1. The normalized spacial score (nSPS) is 21.2. The summed E-state index contributed by atoms with van der Waals surface area (Å²) in [5, 5.41) is 11.5. The van der Waals surface area contributed by atoms with Gasteiger partial charge in [-0.25, -0.2) is 0 Å². The zero-order valence-corrected chi connectivity index (χ0v) is 19.6. The van der Waals surface area contributed by atoms with Crippen molar-refractivity contribution in [3.8, 4) is 22.9 Å². The van der Waals surface area contributed by atoms with Crippen molar-refractivity contribution in [3.05, 3.63) is 59.7 Å². The number of ether oxygens (including phenoxy) is 1. The Balaban J connectivity index is 1.24. The molecule has 172 valence electrons. The third kappa shape index (κ3) is 4.83. The van der Waals surface area contributed by atoms with Crippen LogP contribution >= 0.6 is 11.8 Å². The van der Waals surface area contributed by atoms with Crippen molar-refractivity contribution in [2.24, 2.45) is 0 Å². The third-order valence-electron chi connectivity index (χ3n) is 6.43. The number of amides is 1. The van der Waals surface area contributed by atoms with Crippen LogP contribution in [-0.4, -0.2) is 70.9 Å². The van der Waals surface area contributed by atoms with E-state index in [2.05, 4.69) is 20.4 Å². The van der Waals surface area contributed by atoms with Gasteiger partial charge >= 0.3 is 0 Å². The van der Waals surface area contributed by atoms with Crippen molar-refractivity contribution < 1.29 is 13.9 Å². The van der Waals surface area contributed by atoms with Crippen LogP contribution in [-0.2, 0) is 4.74 Å². The van der Waals surface area contributed by atoms with Crippen molar-refractivity contribution in [2.75, 3.05) is 44.4 Å². The monoisotopic (exact) mass is 464 g/mol. The maximum Gasteiger partial charge on any atom is 0.251 e. The topological polar surface area (TPSA) is 80.5 Å². The van der Waals surface area contributed by atoms with Crippen LogP contribution < -0.4 is 5.32 Å². The van der Waals surface area contributed by atoms with E-state index >= 15 is 0 Å². The van der Waals surface area contributed by atoms with Gasteiger partial charge in [0.05, 0.1) is 13.2 Å². The summed E-state index contributed by atoms with van der Waals surface area (Å²) in [6.45, 7) is 6.08. The molecule has 1 amide bonds. The summed E-state index contributed by atoms with van der Waals surface area (Å²) in [5.41, 5.74) is 3.47. The van der Waals surface area contributed by atoms with Crippen LogP contribution in [0.2, 0.25) is 0 Å². The van der Waals surface area contributed by atoms with E-state index in [0.29, 0.717) is 23.9 Å². The second-order valence-corrected chi connectivity index (χ2v) is 9.77. The zero-order valence-electron chi connectivity index (χ0n) is 18.8. The van der Waals surface area contributed by atoms with E-state index in [1.54, 1.807) is 0 Å². The van der Waals surface area contributed by atoms with Crippen LogP contribution in [0.25, 0.3) is 22.9 Å². The highest BCUT2D eigenvalue weighted by atomic mass is 32.2. The lowest BCUT2D eigenvalue weighted by molar-refractivity contribution is -0.0129. The highest BCUT2D eigenvalue weighted by molar-refractivity contribution is 7.99.